The zero-order valence-corrected chi connectivity index (χ0v) is 14.2. The van der Waals surface area contributed by atoms with Crippen LogP contribution in [0.5, 0.6) is 11.5 Å². The van der Waals surface area contributed by atoms with Crippen LogP contribution in [0.15, 0.2) is 42.5 Å². The molecule has 1 atom stereocenters. The molecule has 0 aromatic heterocycles. The quantitative estimate of drug-likeness (QED) is 0.717. The van der Waals surface area contributed by atoms with Crippen LogP contribution in [0.25, 0.3) is 0 Å². The van der Waals surface area contributed by atoms with Gasteiger partial charge < -0.3 is 20.3 Å². The van der Waals surface area contributed by atoms with E-state index in [9.17, 15) is 19.8 Å². The largest absolute Gasteiger partial charge is 0.507 e. The summed E-state index contributed by atoms with van der Waals surface area (Å²) >= 11 is 0. The second-order valence-corrected chi connectivity index (χ2v) is 5.78. The van der Waals surface area contributed by atoms with Gasteiger partial charge in [-0.2, -0.15) is 0 Å². The minimum absolute atomic E-state index is 0.0560. The summed E-state index contributed by atoms with van der Waals surface area (Å²) in [4.78, 5) is 23.7. The topological polar surface area (TPSA) is 95.9 Å². The Hall–Kier alpha value is -3.02. The highest BCUT2D eigenvalue weighted by Gasteiger charge is 2.21. The van der Waals surface area contributed by atoms with Crippen LogP contribution in [0.4, 0.5) is 0 Å². The number of aromatic hydroxyl groups is 1. The summed E-state index contributed by atoms with van der Waals surface area (Å²) in [5.74, 6) is -1.86. The third-order valence-electron chi connectivity index (χ3n) is 3.91. The fourth-order valence-corrected chi connectivity index (χ4v) is 2.53. The molecule has 2 aromatic rings. The minimum Gasteiger partial charge on any atom is -0.507 e. The number of phenolic OH excluding ortho intramolecular Hbond substituents is 1. The zero-order chi connectivity index (χ0) is 18.4. The molecule has 0 heterocycles. The maximum atomic E-state index is 12.2. The first kappa shape index (κ1) is 18.3. The van der Waals surface area contributed by atoms with Crippen molar-refractivity contribution < 1.29 is 24.5 Å². The molecule has 0 saturated heterocycles. The van der Waals surface area contributed by atoms with Crippen LogP contribution in [0, 0.1) is 12.8 Å². The molecule has 25 heavy (non-hydrogen) atoms. The average Bonchev–Trinajstić information content (AvgIpc) is 2.58. The van der Waals surface area contributed by atoms with Crippen molar-refractivity contribution >= 4 is 11.9 Å². The van der Waals surface area contributed by atoms with Crippen LogP contribution in [-0.2, 0) is 11.2 Å². The Morgan fingerprint density at radius 1 is 1.20 bits per heavy atom. The molecule has 0 radical (unpaired) electrons. The molecular formula is C19H21NO5. The molecule has 0 aliphatic carbocycles. The molecule has 3 N–H and O–H groups in total. The average molecular weight is 343 g/mol. The summed E-state index contributed by atoms with van der Waals surface area (Å²) in [5.41, 5.74) is 1.70. The number of carboxylic acid groups (broad SMARTS) is 1. The monoisotopic (exact) mass is 343 g/mol. The number of amides is 1. The molecule has 0 saturated carbocycles. The second kappa shape index (κ2) is 8.19. The minimum atomic E-state index is -1.01. The lowest BCUT2D eigenvalue weighted by Gasteiger charge is -2.16. The predicted octanol–water partition coefficient (Wildman–Crippen LogP) is 2.38. The van der Waals surface area contributed by atoms with Crippen LogP contribution in [0.1, 0.15) is 21.5 Å². The molecule has 1 amide bonds. The Morgan fingerprint density at radius 2 is 1.92 bits per heavy atom. The molecule has 6 heteroatoms. The number of ether oxygens (including phenoxy) is 1. The molecular weight excluding hydrogens is 322 g/mol. The van der Waals surface area contributed by atoms with Gasteiger partial charge >= 0.3 is 5.97 Å². The summed E-state index contributed by atoms with van der Waals surface area (Å²) in [7, 11) is 1.52. The molecule has 0 aliphatic rings. The molecule has 2 aromatic carbocycles. The highest BCUT2D eigenvalue weighted by molar-refractivity contribution is 5.97. The van der Waals surface area contributed by atoms with Crippen molar-refractivity contribution in [1.82, 2.24) is 5.32 Å². The first-order chi connectivity index (χ1) is 11.9. The Bertz CT molecular complexity index is 772. The van der Waals surface area contributed by atoms with Gasteiger partial charge in [0.25, 0.3) is 5.91 Å². The number of methoxy groups -OCH3 is 1. The standard InChI is InChI=1S/C19H21NO5/c1-12-7-8-15(16(21)9-12)18(22)20-11-14(19(23)24)10-13-5-3-4-6-17(13)25-2/h3-9,14,21H,10-11H2,1-2H3,(H,20,22)(H,23,24). The van der Waals surface area contributed by atoms with Crippen LogP contribution in [0.3, 0.4) is 0 Å². The van der Waals surface area contributed by atoms with E-state index in [4.69, 9.17) is 4.74 Å². The van der Waals surface area contributed by atoms with E-state index >= 15 is 0 Å². The highest BCUT2D eigenvalue weighted by atomic mass is 16.5. The molecule has 6 nitrogen and oxygen atoms in total. The van der Waals surface area contributed by atoms with Crippen molar-refractivity contribution in [2.45, 2.75) is 13.3 Å². The number of benzene rings is 2. The van der Waals surface area contributed by atoms with Crippen LogP contribution < -0.4 is 10.1 Å². The number of carboxylic acids is 1. The van der Waals surface area contributed by atoms with Gasteiger partial charge in [-0.1, -0.05) is 24.3 Å². The van der Waals surface area contributed by atoms with Gasteiger partial charge in [-0.15, -0.1) is 0 Å². The van der Waals surface area contributed by atoms with E-state index in [1.165, 1.54) is 19.2 Å². The van der Waals surface area contributed by atoms with Crippen molar-refractivity contribution in [2.75, 3.05) is 13.7 Å². The molecule has 132 valence electrons. The molecule has 0 spiro atoms. The molecule has 2 rings (SSSR count). The van der Waals surface area contributed by atoms with Gasteiger partial charge in [0.2, 0.25) is 0 Å². The van der Waals surface area contributed by atoms with Crippen molar-refractivity contribution in [2.24, 2.45) is 5.92 Å². The first-order valence-corrected chi connectivity index (χ1v) is 7.85. The van der Waals surface area contributed by atoms with Crippen LogP contribution in [-0.4, -0.2) is 35.7 Å². The van der Waals surface area contributed by atoms with E-state index < -0.39 is 17.8 Å². The maximum absolute atomic E-state index is 12.2. The number of nitrogens with one attached hydrogen (secondary N) is 1. The van der Waals surface area contributed by atoms with Gasteiger partial charge in [0, 0.05) is 6.54 Å². The number of aryl methyl sites for hydroxylation is 1. The summed E-state index contributed by atoms with van der Waals surface area (Å²) < 4.78 is 5.23. The Morgan fingerprint density at radius 3 is 2.56 bits per heavy atom. The lowest BCUT2D eigenvalue weighted by molar-refractivity contribution is -0.141. The third-order valence-corrected chi connectivity index (χ3v) is 3.91. The maximum Gasteiger partial charge on any atom is 0.308 e. The van der Waals surface area contributed by atoms with E-state index in [1.807, 2.05) is 0 Å². The van der Waals surface area contributed by atoms with E-state index in [2.05, 4.69) is 5.32 Å². The summed E-state index contributed by atoms with van der Waals surface area (Å²) in [6.45, 7) is 1.74. The number of carbonyl (C=O) groups excluding carboxylic acids is 1. The number of para-hydroxylation sites is 1. The van der Waals surface area contributed by atoms with Crippen molar-refractivity contribution in [3.63, 3.8) is 0 Å². The van der Waals surface area contributed by atoms with E-state index in [0.29, 0.717) is 5.75 Å². The number of phenols is 1. The number of carbonyl (C=O) groups is 2. The summed E-state index contributed by atoms with van der Waals surface area (Å²) in [5, 5.41) is 21.9. The Labute approximate surface area is 146 Å². The van der Waals surface area contributed by atoms with E-state index in [1.54, 1.807) is 37.3 Å². The SMILES string of the molecule is COc1ccccc1CC(CNC(=O)c1ccc(C)cc1O)C(=O)O. The van der Waals surface area contributed by atoms with E-state index in [0.717, 1.165) is 11.1 Å². The van der Waals surface area contributed by atoms with Gasteiger partial charge in [-0.3, -0.25) is 9.59 Å². The second-order valence-electron chi connectivity index (χ2n) is 5.78. The zero-order valence-electron chi connectivity index (χ0n) is 14.2. The lowest BCUT2D eigenvalue weighted by Crippen LogP contribution is -2.34. The Kier molecular flexibility index (Phi) is 6.00. The Balaban J connectivity index is 2.07. The van der Waals surface area contributed by atoms with Gasteiger partial charge in [0.1, 0.15) is 11.5 Å². The molecule has 0 aliphatic heterocycles. The third kappa shape index (κ3) is 4.73. The molecule has 0 fully saturated rings. The van der Waals surface area contributed by atoms with Gasteiger partial charge in [-0.25, -0.2) is 0 Å². The van der Waals surface area contributed by atoms with Crippen molar-refractivity contribution in [3.05, 3.63) is 59.2 Å². The molecule has 1 unspecified atom stereocenters. The predicted molar refractivity (Wildman–Crippen MR) is 93.0 cm³/mol. The molecule has 0 bridgehead atoms. The smallest absolute Gasteiger partial charge is 0.308 e. The fourth-order valence-electron chi connectivity index (χ4n) is 2.53. The number of hydrogen-bond acceptors (Lipinski definition) is 4. The highest BCUT2D eigenvalue weighted by Crippen LogP contribution is 2.22. The lowest BCUT2D eigenvalue weighted by atomic mass is 9.98. The van der Waals surface area contributed by atoms with Crippen LogP contribution in [0.2, 0.25) is 0 Å². The van der Waals surface area contributed by atoms with Gasteiger partial charge in [0.15, 0.2) is 0 Å². The number of hydrogen-bond donors (Lipinski definition) is 3. The fraction of sp³-hybridized carbons (Fsp3) is 0.263. The van der Waals surface area contributed by atoms with Gasteiger partial charge in [0.05, 0.1) is 18.6 Å². The summed E-state index contributed by atoms with van der Waals surface area (Å²) in [6.07, 6.45) is 0.222. The van der Waals surface area contributed by atoms with Crippen molar-refractivity contribution in [3.8, 4) is 11.5 Å². The van der Waals surface area contributed by atoms with Gasteiger partial charge in [-0.05, 0) is 42.7 Å². The number of rotatable bonds is 7. The van der Waals surface area contributed by atoms with Crippen molar-refractivity contribution in [1.29, 1.82) is 0 Å². The first-order valence-electron chi connectivity index (χ1n) is 7.85. The number of aliphatic carboxylic acids is 1. The normalized spacial score (nSPS) is 11.6. The summed E-state index contributed by atoms with van der Waals surface area (Å²) in [6, 6.07) is 11.9. The van der Waals surface area contributed by atoms with Crippen LogP contribution >= 0.6 is 0 Å². The van der Waals surface area contributed by atoms with E-state index in [-0.39, 0.29) is 24.3 Å².